The lowest BCUT2D eigenvalue weighted by Gasteiger charge is -2.30. The lowest BCUT2D eigenvalue weighted by Crippen LogP contribution is -2.38. The Morgan fingerprint density at radius 1 is 1.35 bits per heavy atom. The number of hydrogen-bond acceptors (Lipinski definition) is 3. The molecular weight excluding hydrogens is 256 g/mol. The van der Waals surface area contributed by atoms with Gasteiger partial charge < -0.3 is 10.6 Å². The molecule has 0 atom stereocenters. The molecule has 0 aliphatic carbocycles. The van der Waals surface area contributed by atoms with Gasteiger partial charge in [0.2, 0.25) is 0 Å². The first-order valence-corrected chi connectivity index (χ1v) is 7.65. The van der Waals surface area contributed by atoms with Crippen LogP contribution in [0.4, 0.5) is 5.69 Å². The third-order valence-corrected chi connectivity index (χ3v) is 4.49. The van der Waals surface area contributed by atoms with Crippen molar-refractivity contribution in [3.63, 3.8) is 0 Å². The van der Waals surface area contributed by atoms with E-state index in [2.05, 4.69) is 4.90 Å². The smallest absolute Gasteiger partial charge is 0.0426 e. The van der Waals surface area contributed by atoms with Crippen LogP contribution >= 0.6 is 11.6 Å². The molecule has 0 radical (unpaired) electrons. The van der Waals surface area contributed by atoms with E-state index in [0.717, 1.165) is 41.7 Å². The molecule has 0 aromatic heterocycles. The first-order chi connectivity index (χ1) is 8.20. The molecule has 0 unspecified atom stereocenters. The maximum atomic E-state index is 11.4. The monoisotopic (exact) mass is 272 g/mol. The van der Waals surface area contributed by atoms with E-state index in [0.29, 0.717) is 6.54 Å². The van der Waals surface area contributed by atoms with E-state index in [4.69, 9.17) is 17.3 Å². The minimum absolute atomic E-state index is 0.633. The quantitative estimate of drug-likeness (QED) is 0.905. The van der Waals surface area contributed by atoms with Gasteiger partial charge in [0, 0.05) is 46.1 Å². The van der Waals surface area contributed by atoms with Crippen LogP contribution in [0.25, 0.3) is 0 Å². The molecule has 2 N–H and O–H groups in total. The Kier molecular flexibility index (Phi) is 4.42. The van der Waals surface area contributed by atoms with Crippen molar-refractivity contribution in [3.05, 3.63) is 28.8 Å². The standard InChI is InChI=1S/C12H17ClN2OS/c13-11-2-1-10(3-4-14)12(9-11)15-5-7-17(16)8-6-15/h1-2,9H,3-8,14H2. The van der Waals surface area contributed by atoms with Crippen molar-refractivity contribution in [2.75, 3.05) is 36.0 Å². The zero-order valence-corrected chi connectivity index (χ0v) is 11.3. The third kappa shape index (κ3) is 3.21. The van der Waals surface area contributed by atoms with Crippen molar-refractivity contribution in [2.45, 2.75) is 6.42 Å². The van der Waals surface area contributed by atoms with Gasteiger partial charge in [-0.25, -0.2) is 0 Å². The van der Waals surface area contributed by atoms with Gasteiger partial charge in [-0.3, -0.25) is 4.21 Å². The topological polar surface area (TPSA) is 46.3 Å². The summed E-state index contributed by atoms with van der Waals surface area (Å²) in [5.74, 6) is 1.49. The highest BCUT2D eigenvalue weighted by atomic mass is 35.5. The van der Waals surface area contributed by atoms with Crippen molar-refractivity contribution in [2.24, 2.45) is 5.73 Å². The number of nitrogens with zero attached hydrogens (tertiary/aromatic N) is 1. The number of benzene rings is 1. The summed E-state index contributed by atoms with van der Waals surface area (Å²) in [5, 5.41) is 0.743. The van der Waals surface area contributed by atoms with Gasteiger partial charge in [0.05, 0.1) is 0 Å². The molecule has 1 heterocycles. The zero-order valence-electron chi connectivity index (χ0n) is 9.69. The van der Waals surface area contributed by atoms with Gasteiger partial charge in [-0.05, 0) is 30.7 Å². The highest BCUT2D eigenvalue weighted by Crippen LogP contribution is 2.26. The molecule has 1 aliphatic heterocycles. The first kappa shape index (κ1) is 12.9. The molecule has 3 nitrogen and oxygen atoms in total. The van der Waals surface area contributed by atoms with Crippen molar-refractivity contribution in [1.82, 2.24) is 0 Å². The van der Waals surface area contributed by atoms with Crippen LogP contribution < -0.4 is 10.6 Å². The SMILES string of the molecule is NCCc1ccc(Cl)cc1N1CCS(=O)CC1. The summed E-state index contributed by atoms with van der Waals surface area (Å²) in [5.41, 5.74) is 8.00. The summed E-state index contributed by atoms with van der Waals surface area (Å²) >= 11 is 6.05. The van der Waals surface area contributed by atoms with Crippen LogP contribution in [0.3, 0.4) is 0 Å². The Labute approximate surface area is 109 Å². The molecule has 1 fully saturated rings. The molecule has 17 heavy (non-hydrogen) atoms. The van der Waals surface area contributed by atoms with Gasteiger partial charge in [0.15, 0.2) is 0 Å². The summed E-state index contributed by atoms with van der Waals surface area (Å²) in [4.78, 5) is 2.26. The number of halogens is 1. The number of rotatable bonds is 3. The van der Waals surface area contributed by atoms with E-state index in [-0.39, 0.29) is 0 Å². The van der Waals surface area contributed by atoms with Crippen LogP contribution in [0.15, 0.2) is 18.2 Å². The Bertz CT molecular complexity index is 415. The average Bonchev–Trinajstić information content (AvgIpc) is 2.33. The van der Waals surface area contributed by atoms with Crippen LogP contribution in [0, 0.1) is 0 Å². The predicted molar refractivity (Wildman–Crippen MR) is 74.3 cm³/mol. The predicted octanol–water partition coefficient (Wildman–Crippen LogP) is 1.41. The number of anilines is 1. The normalized spacial score (nSPS) is 17.4. The van der Waals surface area contributed by atoms with Gasteiger partial charge >= 0.3 is 0 Å². The van der Waals surface area contributed by atoms with Crippen LogP contribution in [0.2, 0.25) is 5.02 Å². The van der Waals surface area contributed by atoms with E-state index in [9.17, 15) is 4.21 Å². The molecule has 1 saturated heterocycles. The molecule has 1 aliphatic rings. The highest BCUT2D eigenvalue weighted by Gasteiger charge is 2.17. The fourth-order valence-electron chi connectivity index (χ4n) is 2.08. The largest absolute Gasteiger partial charge is 0.369 e. The highest BCUT2D eigenvalue weighted by molar-refractivity contribution is 7.85. The van der Waals surface area contributed by atoms with Gasteiger partial charge in [-0.15, -0.1) is 0 Å². The average molecular weight is 273 g/mol. The second kappa shape index (κ2) is 5.85. The Morgan fingerprint density at radius 3 is 2.71 bits per heavy atom. The molecular formula is C12H17ClN2OS. The number of nitrogens with two attached hydrogens (primary N) is 1. The Morgan fingerprint density at radius 2 is 2.06 bits per heavy atom. The van der Waals surface area contributed by atoms with Gasteiger partial charge in [0.25, 0.3) is 0 Å². The lowest BCUT2D eigenvalue weighted by atomic mass is 10.1. The fourth-order valence-corrected chi connectivity index (χ4v) is 3.30. The lowest BCUT2D eigenvalue weighted by molar-refractivity contribution is 0.673. The van der Waals surface area contributed by atoms with E-state index >= 15 is 0 Å². The molecule has 1 aromatic carbocycles. The molecule has 0 amide bonds. The zero-order chi connectivity index (χ0) is 12.3. The summed E-state index contributed by atoms with van der Waals surface area (Å²) in [7, 11) is -0.650. The second-order valence-electron chi connectivity index (χ2n) is 4.15. The van der Waals surface area contributed by atoms with Crippen LogP contribution in [0.1, 0.15) is 5.56 Å². The summed E-state index contributed by atoms with van der Waals surface area (Å²) in [6.07, 6.45) is 0.853. The Balaban J connectivity index is 2.23. The molecule has 2 rings (SSSR count). The molecule has 5 heteroatoms. The summed E-state index contributed by atoms with van der Waals surface area (Å²) in [6.45, 7) is 2.31. The second-order valence-corrected chi connectivity index (χ2v) is 6.28. The first-order valence-electron chi connectivity index (χ1n) is 5.79. The van der Waals surface area contributed by atoms with E-state index < -0.39 is 10.8 Å². The molecule has 0 spiro atoms. The van der Waals surface area contributed by atoms with Gasteiger partial charge in [-0.1, -0.05) is 17.7 Å². The molecule has 94 valence electrons. The minimum atomic E-state index is -0.650. The van der Waals surface area contributed by atoms with E-state index in [1.54, 1.807) is 0 Å². The maximum Gasteiger partial charge on any atom is 0.0426 e. The molecule has 0 bridgehead atoms. The number of hydrogen-bond donors (Lipinski definition) is 1. The third-order valence-electron chi connectivity index (χ3n) is 2.98. The maximum absolute atomic E-state index is 11.4. The summed E-state index contributed by atoms with van der Waals surface area (Å²) < 4.78 is 11.4. The van der Waals surface area contributed by atoms with Crippen LogP contribution in [-0.2, 0) is 17.2 Å². The van der Waals surface area contributed by atoms with Gasteiger partial charge in [-0.2, -0.15) is 0 Å². The van der Waals surface area contributed by atoms with Gasteiger partial charge in [0.1, 0.15) is 0 Å². The van der Waals surface area contributed by atoms with Crippen LogP contribution in [-0.4, -0.2) is 35.3 Å². The van der Waals surface area contributed by atoms with Crippen molar-refractivity contribution >= 4 is 28.1 Å². The van der Waals surface area contributed by atoms with E-state index in [1.165, 1.54) is 5.56 Å². The van der Waals surface area contributed by atoms with Crippen molar-refractivity contribution in [1.29, 1.82) is 0 Å². The molecule has 1 aromatic rings. The minimum Gasteiger partial charge on any atom is -0.369 e. The Hall–Kier alpha value is -0.580. The molecule has 0 saturated carbocycles. The van der Waals surface area contributed by atoms with Crippen molar-refractivity contribution < 1.29 is 4.21 Å². The van der Waals surface area contributed by atoms with E-state index in [1.807, 2.05) is 18.2 Å². The fraction of sp³-hybridized carbons (Fsp3) is 0.500. The van der Waals surface area contributed by atoms with Crippen molar-refractivity contribution in [3.8, 4) is 0 Å². The van der Waals surface area contributed by atoms with Crippen LogP contribution in [0.5, 0.6) is 0 Å². The summed E-state index contributed by atoms with van der Waals surface area (Å²) in [6, 6.07) is 5.93.